The van der Waals surface area contributed by atoms with Crippen LogP contribution >= 0.6 is 0 Å². The fraction of sp³-hybridized carbons (Fsp3) is 0.300. The molecule has 10 nitrogen and oxygen atoms in total. The monoisotopic (exact) mass is 454 g/mol. The van der Waals surface area contributed by atoms with Crippen LogP contribution in [0.2, 0.25) is 0 Å². The fourth-order valence-corrected chi connectivity index (χ4v) is 3.53. The minimum atomic E-state index is -4.66. The zero-order chi connectivity index (χ0) is 22.4. The molecule has 0 fully saturated rings. The van der Waals surface area contributed by atoms with E-state index < -0.39 is 27.7 Å². The Balaban J connectivity index is 0.00000480. The lowest BCUT2D eigenvalue weighted by Crippen LogP contribution is -2.45. The maximum absolute atomic E-state index is 12.7. The Morgan fingerprint density at radius 3 is 1.65 bits per heavy atom. The van der Waals surface area contributed by atoms with Gasteiger partial charge >= 0.3 is 11.9 Å². The largest absolute Gasteiger partial charge is 0.731 e. The molecule has 0 heterocycles. The van der Waals surface area contributed by atoms with Gasteiger partial charge in [0.2, 0.25) is 0 Å². The molecule has 170 valence electrons. The SMILES string of the molecule is COC(=O)C(Cc1ccc(NS(=O)(=O)[O-])cc1)(Cc1ccc(OC)cc1)C(=O)OC.[NH4+]. The quantitative estimate of drug-likeness (QED) is 0.330. The van der Waals surface area contributed by atoms with Crippen LogP contribution in [0.1, 0.15) is 11.1 Å². The number of esters is 2. The van der Waals surface area contributed by atoms with Crippen molar-refractivity contribution < 1.29 is 36.8 Å². The van der Waals surface area contributed by atoms with Crippen LogP contribution in [-0.2, 0) is 42.2 Å². The van der Waals surface area contributed by atoms with Gasteiger partial charge in [0, 0.05) is 5.69 Å². The first-order valence-corrected chi connectivity index (χ1v) is 10.2. The normalized spacial score (nSPS) is 11.1. The summed E-state index contributed by atoms with van der Waals surface area (Å²) in [6, 6.07) is 12.6. The van der Waals surface area contributed by atoms with E-state index in [1.807, 2.05) is 4.72 Å². The van der Waals surface area contributed by atoms with Gasteiger partial charge in [-0.3, -0.25) is 14.3 Å². The van der Waals surface area contributed by atoms with Crippen LogP contribution in [-0.4, -0.2) is 46.2 Å². The zero-order valence-electron chi connectivity index (χ0n) is 17.7. The summed E-state index contributed by atoms with van der Waals surface area (Å²) in [7, 11) is -0.777. The molecule has 0 aliphatic carbocycles. The molecule has 0 aromatic heterocycles. The van der Waals surface area contributed by atoms with Crippen molar-refractivity contribution in [3.8, 4) is 5.75 Å². The molecule has 2 rings (SSSR count). The highest BCUT2D eigenvalue weighted by atomic mass is 32.2. The van der Waals surface area contributed by atoms with Crippen molar-refractivity contribution in [1.29, 1.82) is 0 Å². The molecule has 0 amide bonds. The molecule has 0 radical (unpaired) electrons. The highest BCUT2D eigenvalue weighted by molar-refractivity contribution is 7.87. The summed E-state index contributed by atoms with van der Waals surface area (Å²) in [6.07, 6.45) is -0.0614. The standard InChI is InChI=1S/C20H23NO8S.H3N/c1-27-17-10-6-15(7-11-17)13-20(18(22)28-2,19(23)29-3)12-14-4-8-16(9-5-14)21-30(24,25)26;/h4-11,21H,12-13H2,1-3H3,(H,24,25,26);1H3. The Bertz CT molecular complexity index is 973. The zero-order valence-corrected chi connectivity index (χ0v) is 18.5. The molecule has 2 aromatic rings. The first kappa shape index (κ1) is 25.9. The fourth-order valence-electron chi connectivity index (χ4n) is 3.10. The van der Waals surface area contributed by atoms with Gasteiger partial charge in [0.25, 0.3) is 0 Å². The van der Waals surface area contributed by atoms with Crippen molar-refractivity contribution in [2.75, 3.05) is 26.1 Å². The maximum Gasteiger partial charge on any atom is 0.323 e. The van der Waals surface area contributed by atoms with Gasteiger partial charge in [-0.2, -0.15) is 0 Å². The van der Waals surface area contributed by atoms with Crippen molar-refractivity contribution in [1.82, 2.24) is 6.15 Å². The summed E-state index contributed by atoms with van der Waals surface area (Å²) >= 11 is 0. The van der Waals surface area contributed by atoms with E-state index in [1.165, 1.54) is 45.6 Å². The predicted molar refractivity (Wildman–Crippen MR) is 113 cm³/mol. The summed E-state index contributed by atoms with van der Waals surface area (Å²) < 4.78 is 49.2. The van der Waals surface area contributed by atoms with E-state index in [1.54, 1.807) is 24.3 Å². The minimum absolute atomic E-state index is 0. The molecule has 0 aliphatic rings. The van der Waals surface area contributed by atoms with Crippen molar-refractivity contribution in [2.24, 2.45) is 5.41 Å². The lowest BCUT2D eigenvalue weighted by molar-refractivity contribution is -0.169. The summed E-state index contributed by atoms with van der Waals surface area (Å²) in [5.74, 6) is -0.916. The van der Waals surface area contributed by atoms with Gasteiger partial charge in [-0.1, -0.05) is 24.3 Å². The van der Waals surface area contributed by atoms with Crippen molar-refractivity contribution >= 4 is 27.9 Å². The number of nitrogens with one attached hydrogen (secondary N) is 1. The van der Waals surface area contributed by atoms with E-state index in [0.29, 0.717) is 16.9 Å². The second kappa shape index (κ2) is 10.8. The molecule has 5 N–H and O–H groups in total. The van der Waals surface area contributed by atoms with Gasteiger partial charge in [-0.15, -0.1) is 0 Å². The van der Waals surface area contributed by atoms with Gasteiger partial charge in [0.1, 0.15) is 5.75 Å². The molecule has 0 unspecified atom stereocenters. The number of ether oxygens (including phenoxy) is 3. The van der Waals surface area contributed by atoms with Crippen LogP contribution in [0, 0.1) is 5.41 Å². The molecule has 11 heteroatoms. The number of carbonyl (C=O) groups excluding carboxylic acids is 2. The average molecular weight is 455 g/mol. The van der Waals surface area contributed by atoms with Crippen molar-refractivity contribution in [2.45, 2.75) is 12.8 Å². The number of rotatable bonds is 9. The number of methoxy groups -OCH3 is 3. The highest BCUT2D eigenvalue weighted by Crippen LogP contribution is 2.32. The second-order valence-electron chi connectivity index (χ2n) is 6.52. The first-order valence-electron chi connectivity index (χ1n) is 8.76. The van der Waals surface area contributed by atoms with E-state index in [2.05, 4.69) is 0 Å². The van der Waals surface area contributed by atoms with Gasteiger partial charge in [-0.05, 0) is 48.2 Å². The van der Waals surface area contributed by atoms with Crippen LogP contribution in [0.25, 0.3) is 0 Å². The van der Waals surface area contributed by atoms with Crippen LogP contribution in [0.4, 0.5) is 5.69 Å². The lowest BCUT2D eigenvalue weighted by Gasteiger charge is -2.28. The van der Waals surface area contributed by atoms with Crippen LogP contribution in [0.5, 0.6) is 5.75 Å². The molecule has 0 saturated heterocycles. The van der Waals surface area contributed by atoms with E-state index in [-0.39, 0.29) is 24.7 Å². The number of hydrogen-bond donors (Lipinski definition) is 2. The van der Waals surface area contributed by atoms with Gasteiger partial charge in [0.15, 0.2) is 15.7 Å². The average Bonchev–Trinajstić information content (AvgIpc) is 2.72. The Labute approximate surface area is 181 Å². The van der Waals surface area contributed by atoms with Crippen molar-refractivity contribution in [3.63, 3.8) is 0 Å². The van der Waals surface area contributed by atoms with E-state index in [4.69, 9.17) is 14.2 Å². The molecular formula is C20H26N2O8S. The van der Waals surface area contributed by atoms with E-state index in [0.717, 1.165) is 0 Å². The Kier molecular flexibility index (Phi) is 8.98. The third-order valence-corrected chi connectivity index (χ3v) is 5.01. The third-order valence-electron chi connectivity index (χ3n) is 4.52. The van der Waals surface area contributed by atoms with Crippen molar-refractivity contribution in [3.05, 3.63) is 59.7 Å². The summed E-state index contributed by atoms with van der Waals surface area (Å²) in [4.78, 5) is 25.5. The summed E-state index contributed by atoms with van der Waals surface area (Å²) in [5, 5.41) is 0. The molecule has 31 heavy (non-hydrogen) atoms. The van der Waals surface area contributed by atoms with E-state index >= 15 is 0 Å². The molecule has 0 bridgehead atoms. The lowest BCUT2D eigenvalue weighted by atomic mass is 9.76. The first-order chi connectivity index (χ1) is 14.1. The smallest absolute Gasteiger partial charge is 0.323 e. The van der Waals surface area contributed by atoms with E-state index in [9.17, 15) is 22.6 Å². The Morgan fingerprint density at radius 1 is 0.871 bits per heavy atom. The minimum Gasteiger partial charge on any atom is -0.731 e. The topological polar surface area (TPSA) is 168 Å². The Hall–Kier alpha value is -3.15. The number of anilines is 1. The maximum atomic E-state index is 12.7. The van der Waals surface area contributed by atoms with Crippen LogP contribution < -0.4 is 15.6 Å². The Morgan fingerprint density at radius 2 is 1.29 bits per heavy atom. The third kappa shape index (κ3) is 6.67. The molecule has 0 spiro atoms. The van der Waals surface area contributed by atoms with Crippen LogP contribution in [0.15, 0.2) is 48.5 Å². The second-order valence-corrected chi connectivity index (χ2v) is 7.63. The molecule has 0 atom stereocenters. The van der Waals surface area contributed by atoms with Gasteiger partial charge < -0.3 is 24.9 Å². The molecule has 2 aromatic carbocycles. The number of hydrogen-bond acceptors (Lipinski definition) is 8. The predicted octanol–water partition coefficient (Wildman–Crippen LogP) is 2.06. The number of benzene rings is 2. The molecule has 0 aliphatic heterocycles. The van der Waals surface area contributed by atoms with Crippen LogP contribution in [0.3, 0.4) is 0 Å². The number of carbonyl (C=O) groups is 2. The summed E-state index contributed by atoms with van der Waals surface area (Å²) in [6.45, 7) is 0. The molecule has 0 saturated carbocycles. The number of quaternary nitrogens is 1. The summed E-state index contributed by atoms with van der Waals surface area (Å²) in [5.41, 5.74) is -0.390. The highest BCUT2D eigenvalue weighted by Gasteiger charge is 2.48. The van der Waals surface area contributed by atoms with Gasteiger partial charge in [-0.25, -0.2) is 8.42 Å². The van der Waals surface area contributed by atoms with Gasteiger partial charge in [0.05, 0.1) is 21.3 Å². The molecular weight excluding hydrogens is 428 g/mol.